The molecular weight excluding hydrogens is 216 g/mol. The molecule has 0 saturated carbocycles. The molecular formula is C12H18N4O. The molecule has 1 atom stereocenters. The minimum absolute atomic E-state index is 0.0228. The first-order valence-corrected chi connectivity index (χ1v) is 6.10. The standard InChI is InChI=1S/C12H18N4O/c1-2-13-11-6-4-8-16(12(11)17)9-10-5-3-7-14-15-10/h3,5,7,11,13H,2,4,6,8-9H2,1H3. The monoisotopic (exact) mass is 234 g/mol. The number of aromatic nitrogens is 2. The lowest BCUT2D eigenvalue weighted by Crippen LogP contribution is -2.50. The summed E-state index contributed by atoms with van der Waals surface area (Å²) >= 11 is 0. The van der Waals surface area contributed by atoms with Crippen LogP contribution in [0.4, 0.5) is 0 Å². The Morgan fingerprint density at radius 2 is 2.47 bits per heavy atom. The van der Waals surface area contributed by atoms with E-state index in [1.165, 1.54) is 0 Å². The van der Waals surface area contributed by atoms with Crippen LogP contribution in [0.2, 0.25) is 0 Å². The van der Waals surface area contributed by atoms with E-state index in [1.54, 1.807) is 6.20 Å². The van der Waals surface area contributed by atoms with Crippen LogP contribution in [0.25, 0.3) is 0 Å². The maximum atomic E-state index is 12.1. The van der Waals surface area contributed by atoms with E-state index in [9.17, 15) is 4.79 Å². The molecule has 5 nitrogen and oxygen atoms in total. The minimum Gasteiger partial charge on any atom is -0.335 e. The molecule has 2 rings (SSSR count). The van der Waals surface area contributed by atoms with Crippen LogP contribution in [0, 0.1) is 0 Å². The fraction of sp³-hybridized carbons (Fsp3) is 0.583. The zero-order valence-corrected chi connectivity index (χ0v) is 10.1. The lowest BCUT2D eigenvalue weighted by molar-refractivity contribution is -0.136. The molecule has 92 valence electrons. The first kappa shape index (κ1) is 12.0. The number of likely N-dealkylation sites (N-methyl/N-ethyl adjacent to an activating group) is 1. The first-order chi connectivity index (χ1) is 8.31. The van der Waals surface area contributed by atoms with Crippen molar-refractivity contribution < 1.29 is 4.79 Å². The molecule has 1 amide bonds. The van der Waals surface area contributed by atoms with Gasteiger partial charge in [-0.3, -0.25) is 4.79 Å². The van der Waals surface area contributed by atoms with Crippen molar-refractivity contribution in [1.29, 1.82) is 0 Å². The predicted molar refractivity (Wildman–Crippen MR) is 64.1 cm³/mol. The van der Waals surface area contributed by atoms with Gasteiger partial charge in [0.05, 0.1) is 18.3 Å². The summed E-state index contributed by atoms with van der Waals surface area (Å²) in [4.78, 5) is 14.0. The molecule has 0 aromatic carbocycles. The van der Waals surface area contributed by atoms with Crippen LogP contribution >= 0.6 is 0 Å². The van der Waals surface area contributed by atoms with Crippen molar-refractivity contribution in [3.05, 3.63) is 24.0 Å². The highest BCUT2D eigenvalue weighted by Gasteiger charge is 2.27. The number of likely N-dealkylation sites (tertiary alicyclic amines) is 1. The SMILES string of the molecule is CCNC1CCCN(Cc2cccnn2)C1=O. The van der Waals surface area contributed by atoms with Crippen molar-refractivity contribution in [3.63, 3.8) is 0 Å². The van der Waals surface area contributed by atoms with Gasteiger partial charge in [-0.1, -0.05) is 6.92 Å². The average molecular weight is 234 g/mol. The summed E-state index contributed by atoms with van der Waals surface area (Å²) in [5.74, 6) is 0.184. The largest absolute Gasteiger partial charge is 0.335 e. The fourth-order valence-corrected chi connectivity index (χ4v) is 2.15. The Kier molecular flexibility index (Phi) is 4.03. The van der Waals surface area contributed by atoms with Crippen molar-refractivity contribution in [2.24, 2.45) is 0 Å². The van der Waals surface area contributed by atoms with Crippen molar-refractivity contribution in [2.75, 3.05) is 13.1 Å². The third kappa shape index (κ3) is 3.00. The molecule has 1 saturated heterocycles. The van der Waals surface area contributed by atoms with Gasteiger partial charge in [-0.05, 0) is 31.5 Å². The van der Waals surface area contributed by atoms with Gasteiger partial charge in [0.1, 0.15) is 0 Å². The Hall–Kier alpha value is -1.49. The molecule has 0 spiro atoms. The molecule has 1 aliphatic rings. The van der Waals surface area contributed by atoms with Crippen LogP contribution < -0.4 is 5.32 Å². The Bertz CT molecular complexity index is 366. The molecule has 1 aromatic rings. The van der Waals surface area contributed by atoms with Crippen molar-refractivity contribution in [2.45, 2.75) is 32.4 Å². The Morgan fingerprint density at radius 1 is 1.59 bits per heavy atom. The fourth-order valence-electron chi connectivity index (χ4n) is 2.15. The Balaban J connectivity index is 1.98. The lowest BCUT2D eigenvalue weighted by Gasteiger charge is -2.32. The average Bonchev–Trinajstić information content (AvgIpc) is 2.36. The summed E-state index contributed by atoms with van der Waals surface area (Å²) in [6.45, 7) is 4.23. The highest BCUT2D eigenvalue weighted by atomic mass is 16.2. The number of nitrogens with zero attached hydrogens (tertiary/aromatic N) is 3. The van der Waals surface area contributed by atoms with Crippen LogP contribution in [-0.4, -0.2) is 40.1 Å². The molecule has 0 bridgehead atoms. The van der Waals surface area contributed by atoms with Crippen LogP contribution in [-0.2, 0) is 11.3 Å². The molecule has 2 heterocycles. The van der Waals surface area contributed by atoms with Gasteiger partial charge < -0.3 is 10.2 Å². The number of piperidine rings is 1. The van der Waals surface area contributed by atoms with Gasteiger partial charge in [0.15, 0.2) is 0 Å². The van der Waals surface area contributed by atoms with E-state index in [0.29, 0.717) is 6.54 Å². The van der Waals surface area contributed by atoms with E-state index in [1.807, 2.05) is 24.0 Å². The zero-order chi connectivity index (χ0) is 12.1. The van der Waals surface area contributed by atoms with E-state index in [4.69, 9.17) is 0 Å². The highest BCUT2D eigenvalue weighted by molar-refractivity contribution is 5.82. The molecule has 0 aliphatic carbocycles. The second kappa shape index (κ2) is 5.72. The number of hydrogen-bond acceptors (Lipinski definition) is 4. The van der Waals surface area contributed by atoms with Gasteiger partial charge in [-0.15, -0.1) is 0 Å². The number of carbonyl (C=O) groups is 1. The van der Waals surface area contributed by atoms with Gasteiger partial charge in [-0.2, -0.15) is 10.2 Å². The molecule has 1 aromatic heterocycles. The quantitative estimate of drug-likeness (QED) is 0.828. The molecule has 0 radical (unpaired) electrons. The third-order valence-corrected chi connectivity index (χ3v) is 2.96. The van der Waals surface area contributed by atoms with Gasteiger partial charge in [0.25, 0.3) is 0 Å². The Morgan fingerprint density at radius 3 is 3.18 bits per heavy atom. The molecule has 1 N–H and O–H groups in total. The predicted octanol–water partition coefficient (Wildman–Crippen LogP) is 0.577. The Labute approximate surface area is 101 Å². The van der Waals surface area contributed by atoms with E-state index < -0.39 is 0 Å². The third-order valence-electron chi connectivity index (χ3n) is 2.96. The lowest BCUT2D eigenvalue weighted by atomic mass is 10.0. The number of amides is 1. The highest BCUT2D eigenvalue weighted by Crippen LogP contribution is 2.13. The normalized spacial score (nSPS) is 20.6. The van der Waals surface area contributed by atoms with E-state index in [2.05, 4.69) is 15.5 Å². The first-order valence-electron chi connectivity index (χ1n) is 6.10. The number of carbonyl (C=O) groups excluding carboxylic acids is 1. The summed E-state index contributed by atoms with van der Waals surface area (Å²) in [5, 5.41) is 11.1. The zero-order valence-electron chi connectivity index (χ0n) is 10.1. The second-order valence-electron chi connectivity index (χ2n) is 4.23. The van der Waals surface area contributed by atoms with Gasteiger partial charge >= 0.3 is 0 Å². The van der Waals surface area contributed by atoms with Crippen LogP contribution in [0.5, 0.6) is 0 Å². The topological polar surface area (TPSA) is 58.1 Å². The smallest absolute Gasteiger partial charge is 0.240 e. The summed E-state index contributed by atoms with van der Waals surface area (Å²) in [7, 11) is 0. The van der Waals surface area contributed by atoms with Crippen LogP contribution in [0.15, 0.2) is 18.3 Å². The number of rotatable bonds is 4. The minimum atomic E-state index is -0.0228. The van der Waals surface area contributed by atoms with Gasteiger partial charge in [0, 0.05) is 12.7 Å². The summed E-state index contributed by atoms with van der Waals surface area (Å²) in [6, 6.07) is 3.72. The van der Waals surface area contributed by atoms with Gasteiger partial charge in [-0.25, -0.2) is 0 Å². The van der Waals surface area contributed by atoms with Crippen molar-refractivity contribution >= 4 is 5.91 Å². The summed E-state index contributed by atoms with van der Waals surface area (Å²) in [5.41, 5.74) is 0.845. The van der Waals surface area contributed by atoms with E-state index in [-0.39, 0.29) is 11.9 Å². The maximum Gasteiger partial charge on any atom is 0.240 e. The molecule has 5 heteroatoms. The van der Waals surface area contributed by atoms with E-state index in [0.717, 1.165) is 31.6 Å². The number of hydrogen-bond donors (Lipinski definition) is 1. The van der Waals surface area contributed by atoms with Crippen LogP contribution in [0.3, 0.4) is 0 Å². The second-order valence-corrected chi connectivity index (χ2v) is 4.23. The van der Waals surface area contributed by atoms with Crippen molar-refractivity contribution in [1.82, 2.24) is 20.4 Å². The maximum absolute atomic E-state index is 12.1. The van der Waals surface area contributed by atoms with Crippen molar-refractivity contribution in [3.8, 4) is 0 Å². The van der Waals surface area contributed by atoms with Gasteiger partial charge in [0.2, 0.25) is 5.91 Å². The van der Waals surface area contributed by atoms with E-state index >= 15 is 0 Å². The number of nitrogens with one attached hydrogen (secondary N) is 1. The molecule has 1 unspecified atom stereocenters. The molecule has 1 fully saturated rings. The van der Waals surface area contributed by atoms with Crippen LogP contribution in [0.1, 0.15) is 25.5 Å². The summed E-state index contributed by atoms with van der Waals surface area (Å²) < 4.78 is 0. The molecule has 17 heavy (non-hydrogen) atoms. The molecule has 1 aliphatic heterocycles. The summed E-state index contributed by atoms with van der Waals surface area (Å²) in [6.07, 6.45) is 3.62.